The van der Waals surface area contributed by atoms with Crippen molar-refractivity contribution in [2.24, 2.45) is 0 Å². The predicted octanol–water partition coefficient (Wildman–Crippen LogP) is 6.55. The van der Waals surface area contributed by atoms with Gasteiger partial charge in [0.1, 0.15) is 11.0 Å². The highest BCUT2D eigenvalue weighted by atomic mass is 127. The normalized spacial score (nSPS) is 10.6. The van der Waals surface area contributed by atoms with E-state index in [-0.39, 0.29) is 11.5 Å². The summed E-state index contributed by atoms with van der Waals surface area (Å²) >= 11 is 17.1. The molecule has 0 spiro atoms. The van der Waals surface area contributed by atoms with Crippen LogP contribution in [0.5, 0.6) is 11.5 Å². The van der Waals surface area contributed by atoms with Crippen LogP contribution in [0.25, 0.3) is 21.8 Å². The van der Waals surface area contributed by atoms with E-state index < -0.39 is 0 Å². The van der Waals surface area contributed by atoms with Crippen LogP contribution in [-0.4, -0.2) is 20.2 Å². The number of phenols is 2. The molecule has 0 fully saturated rings. The predicted molar refractivity (Wildman–Crippen MR) is 117 cm³/mol. The molecule has 0 bridgehead atoms. The first-order valence-corrected chi connectivity index (χ1v) is 9.86. The molecule has 0 aliphatic rings. The molecule has 0 aliphatic carbocycles. The van der Waals surface area contributed by atoms with Gasteiger partial charge >= 0.3 is 0 Å². The minimum Gasteiger partial charge on any atom is -0.505 e. The lowest BCUT2D eigenvalue weighted by Crippen LogP contribution is -1.83. The van der Waals surface area contributed by atoms with Crippen LogP contribution < -0.4 is 0 Å². The highest BCUT2D eigenvalue weighted by Crippen LogP contribution is 2.36. The van der Waals surface area contributed by atoms with Crippen LogP contribution in [0.3, 0.4) is 0 Å². The Morgan fingerprint density at radius 2 is 1.35 bits per heavy atom. The largest absolute Gasteiger partial charge is 0.505 e. The van der Waals surface area contributed by atoms with E-state index in [9.17, 15) is 10.2 Å². The zero-order chi connectivity index (χ0) is 18.8. The zero-order valence-corrected chi connectivity index (χ0v) is 18.2. The molecular weight excluding hydrogens is 554 g/mol. The third-order valence-corrected chi connectivity index (χ3v) is 5.59. The molecule has 0 atom stereocenters. The standard InChI is InChI=1S/C9H5BrClNO.C9H5ClINO/c10-6-4-7(11)5-2-1-3-12-8(5)9(6)13;10-6-4-7(11)9(13)8-5(6)2-1-3-12-8/h2*1-4,13H. The van der Waals surface area contributed by atoms with Crippen molar-refractivity contribution in [3.8, 4) is 11.5 Å². The Kier molecular flexibility index (Phi) is 6.06. The number of hydrogen-bond acceptors (Lipinski definition) is 4. The number of benzene rings is 2. The molecule has 132 valence electrons. The third-order valence-electron chi connectivity index (χ3n) is 3.54. The maximum absolute atomic E-state index is 9.65. The van der Waals surface area contributed by atoms with Gasteiger partial charge in [0.25, 0.3) is 0 Å². The topological polar surface area (TPSA) is 66.2 Å². The number of pyridine rings is 2. The van der Waals surface area contributed by atoms with Gasteiger partial charge in [-0.05, 0) is 74.9 Å². The number of aromatic nitrogens is 2. The number of aromatic hydroxyl groups is 2. The molecule has 2 aromatic heterocycles. The fourth-order valence-corrected chi connectivity index (χ4v) is 4.14. The molecule has 2 heterocycles. The SMILES string of the molecule is Oc1c(Br)cc(Cl)c2cccnc12.Oc1c(I)cc(Cl)c2cccnc12. The number of rotatable bonds is 0. The van der Waals surface area contributed by atoms with Crippen LogP contribution in [-0.2, 0) is 0 Å². The molecule has 26 heavy (non-hydrogen) atoms. The van der Waals surface area contributed by atoms with Gasteiger partial charge in [-0.25, -0.2) is 0 Å². The van der Waals surface area contributed by atoms with Gasteiger partial charge in [0.2, 0.25) is 0 Å². The Labute approximate surface area is 181 Å². The lowest BCUT2D eigenvalue weighted by atomic mass is 10.2. The minimum absolute atomic E-state index is 0.125. The van der Waals surface area contributed by atoms with Crippen LogP contribution in [0.4, 0.5) is 0 Å². The molecule has 4 nitrogen and oxygen atoms in total. The molecule has 0 saturated heterocycles. The first-order valence-electron chi connectivity index (χ1n) is 7.23. The molecule has 0 aliphatic heterocycles. The lowest BCUT2D eigenvalue weighted by Gasteiger charge is -2.03. The summed E-state index contributed by atoms with van der Waals surface area (Å²) in [6, 6.07) is 10.6. The Balaban J connectivity index is 0.000000151. The average molecular weight is 564 g/mol. The third kappa shape index (κ3) is 3.83. The Morgan fingerprint density at radius 3 is 1.92 bits per heavy atom. The van der Waals surface area contributed by atoms with Crippen LogP contribution in [0.2, 0.25) is 10.0 Å². The second kappa shape index (κ2) is 8.12. The van der Waals surface area contributed by atoms with E-state index in [1.165, 1.54) is 0 Å². The quantitative estimate of drug-likeness (QED) is 0.238. The van der Waals surface area contributed by atoms with Crippen molar-refractivity contribution in [1.82, 2.24) is 9.97 Å². The highest BCUT2D eigenvalue weighted by molar-refractivity contribution is 14.1. The Hall–Kier alpha value is -1.35. The summed E-state index contributed by atoms with van der Waals surface area (Å²) < 4.78 is 1.28. The van der Waals surface area contributed by atoms with E-state index in [4.69, 9.17) is 23.2 Å². The number of phenolic OH excluding ortho intramolecular Hbond substituents is 2. The fraction of sp³-hybridized carbons (Fsp3) is 0. The van der Waals surface area contributed by atoms with Crippen LogP contribution in [0, 0.1) is 3.57 Å². The molecular formula is C18H10BrCl2IN2O2. The van der Waals surface area contributed by atoms with Gasteiger partial charge in [-0.1, -0.05) is 23.2 Å². The van der Waals surface area contributed by atoms with Crippen molar-refractivity contribution in [1.29, 1.82) is 0 Å². The van der Waals surface area contributed by atoms with Gasteiger partial charge in [0.15, 0.2) is 11.5 Å². The van der Waals surface area contributed by atoms with Gasteiger partial charge in [-0.2, -0.15) is 0 Å². The van der Waals surface area contributed by atoms with Crippen LogP contribution in [0.15, 0.2) is 53.3 Å². The molecule has 0 unspecified atom stereocenters. The average Bonchev–Trinajstić information content (AvgIpc) is 2.65. The number of halogens is 4. The summed E-state index contributed by atoms with van der Waals surface area (Å²) in [6.45, 7) is 0. The highest BCUT2D eigenvalue weighted by Gasteiger charge is 2.09. The summed E-state index contributed by atoms with van der Waals surface area (Å²) in [5, 5.41) is 22.0. The van der Waals surface area contributed by atoms with Crippen molar-refractivity contribution in [3.05, 3.63) is 66.9 Å². The fourth-order valence-electron chi connectivity index (χ4n) is 2.31. The second-order valence-electron chi connectivity index (χ2n) is 5.18. The Bertz CT molecular complexity index is 1040. The van der Waals surface area contributed by atoms with Crippen molar-refractivity contribution in [2.75, 3.05) is 0 Å². The van der Waals surface area contributed by atoms with Crippen LogP contribution >= 0.6 is 61.7 Å². The number of nitrogens with zero attached hydrogens (tertiary/aromatic N) is 2. The minimum atomic E-state index is 0.125. The van der Waals surface area contributed by atoms with Gasteiger partial charge in [0, 0.05) is 23.2 Å². The molecule has 2 N–H and O–H groups in total. The van der Waals surface area contributed by atoms with E-state index >= 15 is 0 Å². The van der Waals surface area contributed by atoms with Crippen LogP contribution in [0.1, 0.15) is 0 Å². The van der Waals surface area contributed by atoms with Crippen molar-refractivity contribution >= 4 is 83.5 Å². The summed E-state index contributed by atoms with van der Waals surface area (Å²) in [4.78, 5) is 8.10. The van der Waals surface area contributed by atoms with Gasteiger partial charge in [-0.3, -0.25) is 9.97 Å². The van der Waals surface area contributed by atoms with E-state index in [1.54, 1.807) is 36.7 Å². The van der Waals surface area contributed by atoms with Gasteiger partial charge in [0.05, 0.1) is 18.1 Å². The summed E-state index contributed by atoms with van der Waals surface area (Å²) in [7, 11) is 0. The van der Waals surface area contributed by atoms with E-state index in [2.05, 4.69) is 25.9 Å². The van der Waals surface area contributed by atoms with Gasteiger partial charge < -0.3 is 10.2 Å². The summed E-state index contributed by atoms with van der Waals surface area (Å²) in [5.41, 5.74) is 1.07. The summed E-state index contributed by atoms with van der Waals surface area (Å²) in [6.07, 6.45) is 3.25. The molecule has 0 amide bonds. The lowest BCUT2D eigenvalue weighted by molar-refractivity contribution is 0.476. The maximum Gasteiger partial charge on any atom is 0.156 e. The molecule has 4 rings (SSSR count). The molecule has 8 heteroatoms. The number of fused-ring (bicyclic) bond motifs is 2. The number of hydrogen-bond donors (Lipinski definition) is 2. The second-order valence-corrected chi connectivity index (χ2v) is 8.01. The van der Waals surface area contributed by atoms with E-state index in [0.717, 1.165) is 10.8 Å². The molecule has 4 aromatic rings. The summed E-state index contributed by atoms with van der Waals surface area (Å²) in [5.74, 6) is 0.320. The van der Waals surface area contributed by atoms with Gasteiger partial charge in [-0.15, -0.1) is 0 Å². The van der Waals surface area contributed by atoms with Crippen molar-refractivity contribution < 1.29 is 10.2 Å². The molecule has 0 radical (unpaired) electrons. The molecule has 2 aromatic carbocycles. The van der Waals surface area contributed by atoms with Crippen molar-refractivity contribution in [3.63, 3.8) is 0 Å². The first kappa shape index (κ1) is 19.4. The zero-order valence-electron chi connectivity index (χ0n) is 12.9. The van der Waals surface area contributed by atoms with Crippen molar-refractivity contribution in [2.45, 2.75) is 0 Å². The first-order chi connectivity index (χ1) is 12.4. The Morgan fingerprint density at radius 1 is 0.846 bits per heavy atom. The van der Waals surface area contributed by atoms with E-state index in [1.807, 2.05) is 34.7 Å². The maximum atomic E-state index is 9.65. The molecule has 0 saturated carbocycles. The smallest absolute Gasteiger partial charge is 0.156 e. The monoisotopic (exact) mass is 562 g/mol. The van der Waals surface area contributed by atoms with E-state index in [0.29, 0.717) is 29.1 Å².